The van der Waals surface area contributed by atoms with E-state index >= 15 is 0 Å². The summed E-state index contributed by atoms with van der Waals surface area (Å²) in [6.45, 7) is 0. The van der Waals surface area contributed by atoms with Crippen molar-refractivity contribution >= 4 is 28.5 Å². The van der Waals surface area contributed by atoms with Crippen molar-refractivity contribution in [3.8, 4) is 0 Å². The number of oxazole rings is 1. The summed E-state index contributed by atoms with van der Waals surface area (Å²) >= 11 is 1.96. The second kappa shape index (κ2) is 4.61. The summed E-state index contributed by atoms with van der Waals surface area (Å²) in [5, 5.41) is 0.794. The maximum atomic E-state index is 5.86. The molecule has 0 radical (unpaired) electrons. The van der Waals surface area contributed by atoms with Crippen LogP contribution in [0.3, 0.4) is 0 Å². The molecular formula is C13H16N2OS. The van der Waals surface area contributed by atoms with Crippen molar-refractivity contribution in [1.29, 1.82) is 0 Å². The van der Waals surface area contributed by atoms with E-state index in [1.54, 1.807) is 0 Å². The Bertz CT molecular complexity index is 517. The Hall–Kier alpha value is -1.16. The SMILES string of the molecule is Nc1cccc2oc(CSC3CCCC3)nc12. The van der Waals surface area contributed by atoms with E-state index in [1.807, 2.05) is 30.0 Å². The normalized spacial score (nSPS) is 16.9. The quantitative estimate of drug-likeness (QED) is 0.843. The third-order valence-corrected chi connectivity index (χ3v) is 4.60. The Morgan fingerprint density at radius 1 is 1.35 bits per heavy atom. The van der Waals surface area contributed by atoms with E-state index in [-0.39, 0.29) is 0 Å². The molecule has 0 aliphatic heterocycles. The molecular weight excluding hydrogens is 232 g/mol. The van der Waals surface area contributed by atoms with Crippen molar-refractivity contribution in [3.63, 3.8) is 0 Å². The highest BCUT2D eigenvalue weighted by Crippen LogP contribution is 2.32. The molecule has 1 aromatic heterocycles. The summed E-state index contributed by atoms with van der Waals surface area (Å²) < 4.78 is 5.70. The molecule has 2 N–H and O–H groups in total. The Balaban J connectivity index is 1.74. The van der Waals surface area contributed by atoms with Crippen LogP contribution in [-0.4, -0.2) is 10.2 Å². The molecule has 3 rings (SSSR count). The summed E-state index contributed by atoms with van der Waals surface area (Å²) in [6.07, 6.45) is 5.43. The maximum Gasteiger partial charge on any atom is 0.205 e. The lowest BCUT2D eigenvalue weighted by molar-refractivity contribution is 0.555. The summed E-state index contributed by atoms with van der Waals surface area (Å²) in [6, 6.07) is 5.68. The van der Waals surface area contributed by atoms with E-state index in [9.17, 15) is 0 Å². The molecule has 1 saturated carbocycles. The molecule has 90 valence electrons. The highest BCUT2D eigenvalue weighted by Gasteiger charge is 2.17. The van der Waals surface area contributed by atoms with Crippen molar-refractivity contribution in [3.05, 3.63) is 24.1 Å². The van der Waals surface area contributed by atoms with Crippen LogP contribution in [-0.2, 0) is 5.75 Å². The van der Waals surface area contributed by atoms with Crippen LogP contribution >= 0.6 is 11.8 Å². The fourth-order valence-electron chi connectivity index (χ4n) is 2.32. The fraction of sp³-hybridized carbons (Fsp3) is 0.462. The second-order valence-electron chi connectivity index (χ2n) is 4.52. The van der Waals surface area contributed by atoms with E-state index in [0.29, 0.717) is 5.69 Å². The van der Waals surface area contributed by atoms with Gasteiger partial charge >= 0.3 is 0 Å². The first-order valence-electron chi connectivity index (χ1n) is 6.08. The van der Waals surface area contributed by atoms with Gasteiger partial charge < -0.3 is 10.2 Å². The molecule has 0 amide bonds. The highest BCUT2D eigenvalue weighted by atomic mass is 32.2. The zero-order valence-electron chi connectivity index (χ0n) is 9.69. The van der Waals surface area contributed by atoms with E-state index < -0.39 is 0 Å². The maximum absolute atomic E-state index is 5.86. The minimum absolute atomic E-state index is 0.698. The standard InChI is InChI=1S/C13H16N2OS/c14-10-6-3-7-11-13(10)15-12(16-11)8-17-9-4-1-2-5-9/h3,6-7,9H,1-2,4-5,8,14H2. The molecule has 1 aliphatic rings. The van der Waals surface area contributed by atoms with Crippen molar-refractivity contribution < 1.29 is 4.42 Å². The van der Waals surface area contributed by atoms with Crippen LogP contribution in [0.4, 0.5) is 5.69 Å². The Labute approximate surface area is 105 Å². The zero-order valence-corrected chi connectivity index (χ0v) is 10.5. The van der Waals surface area contributed by atoms with Gasteiger partial charge in [-0.1, -0.05) is 18.9 Å². The Morgan fingerprint density at radius 2 is 2.18 bits per heavy atom. The Kier molecular flexibility index (Phi) is 2.97. The topological polar surface area (TPSA) is 52.0 Å². The lowest BCUT2D eigenvalue weighted by Gasteiger charge is -2.05. The van der Waals surface area contributed by atoms with Gasteiger partial charge in [-0.2, -0.15) is 0 Å². The van der Waals surface area contributed by atoms with Crippen molar-refractivity contribution in [1.82, 2.24) is 4.98 Å². The van der Waals surface area contributed by atoms with E-state index in [2.05, 4.69) is 4.98 Å². The molecule has 3 nitrogen and oxygen atoms in total. The number of hydrogen-bond donors (Lipinski definition) is 1. The smallest absolute Gasteiger partial charge is 0.205 e. The summed E-state index contributed by atoms with van der Waals surface area (Å²) in [7, 11) is 0. The molecule has 0 spiro atoms. The first-order valence-corrected chi connectivity index (χ1v) is 7.13. The number of benzene rings is 1. The number of rotatable bonds is 3. The van der Waals surface area contributed by atoms with E-state index in [4.69, 9.17) is 10.2 Å². The van der Waals surface area contributed by atoms with Crippen LogP contribution in [0, 0.1) is 0 Å². The van der Waals surface area contributed by atoms with Gasteiger partial charge in [0.1, 0.15) is 5.52 Å². The number of anilines is 1. The summed E-state index contributed by atoms with van der Waals surface area (Å²) in [4.78, 5) is 4.46. The number of nitrogens with zero attached hydrogens (tertiary/aromatic N) is 1. The molecule has 1 heterocycles. The molecule has 2 aromatic rings. The van der Waals surface area contributed by atoms with Gasteiger partial charge in [-0.3, -0.25) is 0 Å². The van der Waals surface area contributed by atoms with Gasteiger partial charge in [0.15, 0.2) is 5.58 Å². The van der Waals surface area contributed by atoms with Gasteiger partial charge in [-0.05, 0) is 25.0 Å². The van der Waals surface area contributed by atoms with Gasteiger partial charge in [-0.25, -0.2) is 4.98 Å². The predicted octanol–water partition coefficient (Wildman–Crippen LogP) is 3.59. The molecule has 17 heavy (non-hydrogen) atoms. The van der Waals surface area contributed by atoms with E-state index in [1.165, 1.54) is 25.7 Å². The predicted molar refractivity (Wildman–Crippen MR) is 72.0 cm³/mol. The first kappa shape index (κ1) is 11.0. The van der Waals surface area contributed by atoms with Crippen LogP contribution in [0.1, 0.15) is 31.6 Å². The van der Waals surface area contributed by atoms with E-state index in [0.717, 1.165) is 28.0 Å². The van der Waals surface area contributed by atoms with Gasteiger partial charge in [-0.15, -0.1) is 11.8 Å². The van der Waals surface area contributed by atoms with Gasteiger partial charge in [0.25, 0.3) is 0 Å². The number of aromatic nitrogens is 1. The lowest BCUT2D eigenvalue weighted by Crippen LogP contribution is -1.94. The van der Waals surface area contributed by atoms with Gasteiger partial charge in [0, 0.05) is 5.25 Å². The van der Waals surface area contributed by atoms with Crippen LogP contribution in [0.2, 0.25) is 0 Å². The molecule has 1 aromatic carbocycles. The van der Waals surface area contributed by atoms with Gasteiger partial charge in [0.2, 0.25) is 5.89 Å². The monoisotopic (exact) mass is 248 g/mol. The zero-order chi connectivity index (χ0) is 11.7. The molecule has 0 saturated heterocycles. The molecule has 0 unspecified atom stereocenters. The molecule has 0 bridgehead atoms. The minimum Gasteiger partial charge on any atom is -0.440 e. The minimum atomic E-state index is 0.698. The first-order chi connectivity index (χ1) is 8.33. The van der Waals surface area contributed by atoms with Crippen LogP contribution in [0.5, 0.6) is 0 Å². The third kappa shape index (κ3) is 2.27. The number of hydrogen-bond acceptors (Lipinski definition) is 4. The number of nitrogen functional groups attached to an aromatic ring is 1. The highest BCUT2D eigenvalue weighted by molar-refractivity contribution is 7.99. The van der Waals surface area contributed by atoms with Crippen molar-refractivity contribution in [2.24, 2.45) is 0 Å². The van der Waals surface area contributed by atoms with Crippen LogP contribution in [0.15, 0.2) is 22.6 Å². The number of fused-ring (bicyclic) bond motifs is 1. The molecule has 4 heteroatoms. The third-order valence-electron chi connectivity index (χ3n) is 3.24. The average molecular weight is 248 g/mol. The average Bonchev–Trinajstić information content (AvgIpc) is 2.95. The molecule has 1 fully saturated rings. The largest absolute Gasteiger partial charge is 0.440 e. The van der Waals surface area contributed by atoms with Gasteiger partial charge in [0.05, 0.1) is 11.4 Å². The number of para-hydroxylation sites is 1. The second-order valence-corrected chi connectivity index (χ2v) is 5.81. The molecule has 0 atom stereocenters. The number of thioether (sulfide) groups is 1. The summed E-state index contributed by atoms with van der Waals surface area (Å²) in [5.74, 6) is 1.66. The lowest BCUT2D eigenvalue weighted by atomic mass is 10.3. The van der Waals surface area contributed by atoms with Crippen molar-refractivity contribution in [2.75, 3.05) is 5.73 Å². The fourth-order valence-corrected chi connectivity index (χ4v) is 3.49. The Morgan fingerprint density at radius 3 is 2.94 bits per heavy atom. The molecule has 1 aliphatic carbocycles. The number of nitrogens with two attached hydrogens (primary N) is 1. The summed E-state index contributed by atoms with van der Waals surface area (Å²) in [5.41, 5.74) is 8.15. The van der Waals surface area contributed by atoms with Crippen LogP contribution < -0.4 is 5.73 Å². The van der Waals surface area contributed by atoms with Crippen molar-refractivity contribution in [2.45, 2.75) is 36.7 Å². The van der Waals surface area contributed by atoms with Crippen LogP contribution in [0.25, 0.3) is 11.1 Å².